The molecule has 8 nitrogen and oxygen atoms in total. The monoisotopic (exact) mass is 450 g/mol. The molecule has 1 aliphatic heterocycles. The van der Waals surface area contributed by atoms with Gasteiger partial charge < -0.3 is 10.1 Å². The molecule has 2 amide bonds. The van der Waals surface area contributed by atoms with Crippen LogP contribution in [0.1, 0.15) is 29.5 Å². The molecule has 2 aromatic carbocycles. The minimum absolute atomic E-state index is 0.0971. The first-order chi connectivity index (χ1) is 15.9. The molecule has 33 heavy (non-hydrogen) atoms. The van der Waals surface area contributed by atoms with Gasteiger partial charge in [-0.1, -0.05) is 31.2 Å². The highest BCUT2D eigenvalue weighted by molar-refractivity contribution is 6.06. The predicted molar refractivity (Wildman–Crippen MR) is 120 cm³/mol. The van der Waals surface area contributed by atoms with Gasteiger partial charge in [-0.3, -0.25) is 19.3 Å². The number of fused-ring (bicyclic) bond motifs is 1. The summed E-state index contributed by atoms with van der Waals surface area (Å²) in [6, 6.07) is 14.0. The second kappa shape index (κ2) is 9.23. The zero-order chi connectivity index (χ0) is 23.5. The number of aryl methyl sites for hydroxylation is 1. The summed E-state index contributed by atoms with van der Waals surface area (Å²) in [7, 11) is 0. The average molecular weight is 450 g/mol. The standard InChI is InChI=1S/C24H23FN4O4/c1-3-12-26-23(31)21-14-28(18-10-6-7-11-20(18)33-21)24(32)22-19(30)13-15(2)29(27-22)17-9-5-4-8-16(17)25/h4-11,13,21H,3,12,14H2,1-2H3,(H,26,31)/t21-/m1/s1. The Hall–Kier alpha value is -4.01. The van der Waals surface area contributed by atoms with Crippen LogP contribution in [0.5, 0.6) is 5.75 Å². The van der Waals surface area contributed by atoms with Gasteiger partial charge in [0.2, 0.25) is 5.43 Å². The van der Waals surface area contributed by atoms with Crippen LogP contribution in [0.15, 0.2) is 59.4 Å². The SMILES string of the molecule is CCCNC(=O)[C@H]1CN(C(=O)c2nn(-c3ccccc3F)c(C)cc2=O)c2ccccc2O1. The average Bonchev–Trinajstić information content (AvgIpc) is 2.82. The molecule has 0 saturated carbocycles. The van der Waals surface area contributed by atoms with Crippen LogP contribution >= 0.6 is 0 Å². The van der Waals surface area contributed by atoms with Crippen molar-refractivity contribution in [3.8, 4) is 11.4 Å². The van der Waals surface area contributed by atoms with E-state index in [1.807, 2.05) is 6.92 Å². The maximum atomic E-state index is 14.4. The number of anilines is 1. The Labute approximate surface area is 189 Å². The number of para-hydroxylation sites is 3. The predicted octanol–water partition coefficient (Wildman–Crippen LogP) is 2.61. The van der Waals surface area contributed by atoms with Gasteiger partial charge in [-0.15, -0.1) is 0 Å². The Bertz CT molecular complexity index is 1270. The van der Waals surface area contributed by atoms with Gasteiger partial charge in [-0.2, -0.15) is 5.10 Å². The first-order valence-electron chi connectivity index (χ1n) is 10.6. The Kier molecular flexibility index (Phi) is 6.21. The third kappa shape index (κ3) is 4.34. The molecule has 2 heterocycles. The maximum Gasteiger partial charge on any atom is 0.283 e. The summed E-state index contributed by atoms with van der Waals surface area (Å²) in [5.41, 5.74) is -0.0697. The van der Waals surface area contributed by atoms with E-state index < -0.39 is 23.3 Å². The molecule has 0 aliphatic carbocycles. The Morgan fingerprint density at radius 1 is 1.15 bits per heavy atom. The first-order valence-corrected chi connectivity index (χ1v) is 10.6. The Balaban J connectivity index is 1.75. The molecular formula is C24H23FN4O4. The maximum absolute atomic E-state index is 14.4. The normalized spacial score (nSPS) is 14.9. The number of benzene rings is 2. The quantitative estimate of drug-likeness (QED) is 0.645. The van der Waals surface area contributed by atoms with Crippen LogP contribution in [0.25, 0.3) is 5.69 Å². The van der Waals surface area contributed by atoms with Crippen LogP contribution in [0.2, 0.25) is 0 Å². The highest BCUT2D eigenvalue weighted by atomic mass is 19.1. The number of ether oxygens (including phenoxy) is 1. The fourth-order valence-corrected chi connectivity index (χ4v) is 3.62. The molecular weight excluding hydrogens is 427 g/mol. The van der Waals surface area contributed by atoms with Gasteiger partial charge in [0, 0.05) is 18.3 Å². The first kappa shape index (κ1) is 22.2. The third-order valence-corrected chi connectivity index (χ3v) is 5.25. The number of halogens is 1. The van der Waals surface area contributed by atoms with E-state index in [0.29, 0.717) is 23.7 Å². The van der Waals surface area contributed by atoms with E-state index >= 15 is 0 Å². The largest absolute Gasteiger partial charge is 0.477 e. The number of hydrogen-bond acceptors (Lipinski definition) is 5. The number of amides is 2. The molecule has 170 valence electrons. The zero-order valence-electron chi connectivity index (χ0n) is 18.2. The number of carbonyl (C=O) groups is 2. The second-order valence-corrected chi connectivity index (χ2v) is 7.64. The van der Waals surface area contributed by atoms with Crippen molar-refractivity contribution in [3.05, 3.63) is 82.0 Å². The van der Waals surface area contributed by atoms with Crippen LogP contribution in [-0.4, -0.2) is 40.8 Å². The van der Waals surface area contributed by atoms with Gasteiger partial charge in [-0.25, -0.2) is 9.07 Å². The van der Waals surface area contributed by atoms with Crippen LogP contribution in [-0.2, 0) is 4.79 Å². The molecule has 0 fully saturated rings. The van der Waals surface area contributed by atoms with Crippen molar-refractivity contribution in [3.63, 3.8) is 0 Å². The van der Waals surface area contributed by atoms with Crippen molar-refractivity contribution in [2.75, 3.05) is 18.0 Å². The molecule has 1 N–H and O–H groups in total. The molecule has 0 radical (unpaired) electrons. The number of rotatable bonds is 5. The molecule has 1 aromatic heterocycles. The van der Waals surface area contributed by atoms with Gasteiger partial charge in [0.15, 0.2) is 11.8 Å². The van der Waals surface area contributed by atoms with Gasteiger partial charge in [-0.05, 0) is 37.6 Å². The Morgan fingerprint density at radius 3 is 2.58 bits per heavy atom. The lowest BCUT2D eigenvalue weighted by Crippen LogP contribution is -2.51. The van der Waals surface area contributed by atoms with Gasteiger partial charge in [0.05, 0.1) is 12.2 Å². The van der Waals surface area contributed by atoms with Crippen molar-refractivity contribution < 1.29 is 18.7 Å². The summed E-state index contributed by atoms with van der Waals surface area (Å²) in [5, 5.41) is 6.96. The van der Waals surface area contributed by atoms with E-state index in [-0.39, 0.29) is 23.8 Å². The van der Waals surface area contributed by atoms with E-state index in [1.165, 1.54) is 33.8 Å². The van der Waals surface area contributed by atoms with E-state index in [2.05, 4.69) is 10.4 Å². The van der Waals surface area contributed by atoms with Crippen molar-refractivity contribution in [2.24, 2.45) is 0 Å². The lowest BCUT2D eigenvalue weighted by Gasteiger charge is -2.34. The van der Waals surface area contributed by atoms with Crippen molar-refractivity contribution in [1.82, 2.24) is 15.1 Å². The number of carbonyl (C=O) groups excluding carboxylic acids is 2. The molecule has 3 aromatic rings. The molecule has 0 saturated heterocycles. The van der Waals surface area contributed by atoms with Gasteiger partial charge >= 0.3 is 0 Å². The van der Waals surface area contributed by atoms with Crippen LogP contribution in [0, 0.1) is 12.7 Å². The van der Waals surface area contributed by atoms with Crippen LogP contribution < -0.4 is 20.4 Å². The lowest BCUT2D eigenvalue weighted by atomic mass is 10.1. The summed E-state index contributed by atoms with van der Waals surface area (Å²) < 4.78 is 21.4. The van der Waals surface area contributed by atoms with Crippen molar-refractivity contribution in [2.45, 2.75) is 26.4 Å². The summed E-state index contributed by atoms with van der Waals surface area (Å²) in [6.45, 7) is 3.91. The molecule has 1 atom stereocenters. The molecule has 0 spiro atoms. The molecule has 9 heteroatoms. The molecule has 0 bridgehead atoms. The summed E-state index contributed by atoms with van der Waals surface area (Å²) in [4.78, 5) is 40.1. The molecule has 0 unspecified atom stereocenters. The fraction of sp³-hybridized carbons (Fsp3) is 0.250. The highest BCUT2D eigenvalue weighted by Crippen LogP contribution is 2.33. The number of aromatic nitrogens is 2. The van der Waals surface area contributed by atoms with E-state index in [1.54, 1.807) is 37.3 Å². The second-order valence-electron chi connectivity index (χ2n) is 7.64. The van der Waals surface area contributed by atoms with Gasteiger partial charge in [0.1, 0.15) is 17.3 Å². The highest BCUT2D eigenvalue weighted by Gasteiger charge is 2.35. The van der Waals surface area contributed by atoms with E-state index in [4.69, 9.17) is 4.74 Å². The minimum Gasteiger partial charge on any atom is -0.477 e. The van der Waals surface area contributed by atoms with Crippen molar-refractivity contribution >= 4 is 17.5 Å². The van der Waals surface area contributed by atoms with Crippen LogP contribution in [0.3, 0.4) is 0 Å². The van der Waals surface area contributed by atoms with Crippen molar-refractivity contribution in [1.29, 1.82) is 0 Å². The van der Waals surface area contributed by atoms with Crippen LogP contribution in [0.4, 0.5) is 10.1 Å². The number of hydrogen-bond donors (Lipinski definition) is 1. The summed E-state index contributed by atoms with van der Waals surface area (Å²) >= 11 is 0. The topological polar surface area (TPSA) is 93.5 Å². The lowest BCUT2D eigenvalue weighted by molar-refractivity contribution is -0.127. The summed E-state index contributed by atoms with van der Waals surface area (Å²) in [5.74, 6) is -1.26. The number of nitrogens with one attached hydrogen (secondary N) is 1. The third-order valence-electron chi connectivity index (χ3n) is 5.25. The fourth-order valence-electron chi connectivity index (χ4n) is 3.62. The Morgan fingerprint density at radius 2 is 1.85 bits per heavy atom. The summed E-state index contributed by atoms with van der Waals surface area (Å²) in [6.07, 6.45) is -0.199. The molecule has 1 aliphatic rings. The molecule has 4 rings (SSSR count). The van der Waals surface area contributed by atoms with E-state index in [0.717, 1.165) is 6.42 Å². The number of nitrogens with zero attached hydrogens (tertiary/aromatic N) is 3. The van der Waals surface area contributed by atoms with Gasteiger partial charge in [0.25, 0.3) is 11.8 Å². The smallest absolute Gasteiger partial charge is 0.283 e. The zero-order valence-corrected chi connectivity index (χ0v) is 18.2. The van der Waals surface area contributed by atoms with E-state index in [9.17, 15) is 18.8 Å². The minimum atomic E-state index is -0.949.